The highest BCUT2D eigenvalue weighted by molar-refractivity contribution is 6.25. The van der Waals surface area contributed by atoms with Gasteiger partial charge in [-0.3, -0.25) is 0 Å². The predicted molar refractivity (Wildman–Crippen MR) is 61.7 cm³/mol. The molecule has 0 N–H and O–H groups in total. The van der Waals surface area contributed by atoms with Crippen LogP contribution in [0.1, 0.15) is 5.56 Å². The molecule has 0 spiro atoms. The Morgan fingerprint density at radius 3 is 1.92 bits per heavy atom. The molecule has 0 radical (unpaired) electrons. The van der Waals surface area contributed by atoms with Gasteiger partial charge in [-0.15, -0.1) is 0 Å². The van der Waals surface area contributed by atoms with Gasteiger partial charge >= 0.3 is 0 Å². The quantitative estimate of drug-likeness (QED) is 0.615. The number of benzene rings is 1. The molecule has 1 rings (SSSR count). The maximum absolute atomic E-state index is 5.05. The SMILES string of the molecule is C=CC=CCl.C=Cc1ccccc1. The van der Waals surface area contributed by atoms with Gasteiger partial charge in [0.05, 0.1) is 0 Å². The molecule has 0 bridgehead atoms. The number of hydrogen-bond donors (Lipinski definition) is 0. The number of hydrogen-bond acceptors (Lipinski definition) is 0. The van der Waals surface area contributed by atoms with E-state index in [-0.39, 0.29) is 0 Å². The second-order valence-electron chi connectivity index (χ2n) is 2.17. The summed E-state index contributed by atoms with van der Waals surface area (Å²) < 4.78 is 0. The van der Waals surface area contributed by atoms with E-state index in [0.29, 0.717) is 0 Å². The average Bonchev–Trinajstić information content (AvgIpc) is 2.21. The fourth-order valence-electron chi connectivity index (χ4n) is 0.641. The molecular formula is C12H13Cl. The van der Waals surface area contributed by atoms with Crippen molar-refractivity contribution in [1.82, 2.24) is 0 Å². The van der Waals surface area contributed by atoms with Crippen molar-refractivity contribution in [3.05, 3.63) is 66.7 Å². The zero-order chi connectivity index (χ0) is 9.94. The van der Waals surface area contributed by atoms with E-state index in [9.17, 15) is 0 Å². The minimum atomic E-state index is 1.17. The predicted octanol–water partition coefficient (Wildman–Crippen LogP) is 4.25. The summed E-state index contributed by atoms with van der Waals surface area (Å²) in [6.45, 7) is 7.01. The van der Waals surface area contributed by atoms with Crippen LogP contribution in [-0.4, -0.2) is 0 Å². The molecular weight excluding hydrogens is 180 g/mol. The maximum atomic E-state index is 5.05. The Bertz CT molecular complexity index is 260. The highest BCUT2D eigenvalue weighted by Gasteiger charge is 1.75. The highest BCUT2D eigenvalue weighted by Crippen LogP contribution is 1.97. The summed E-state index contributed by atoms with van der Waals surface area (Å²) in [5.74, 6) is 0. The molecule has 68 valence electrons. The van der Waals surface area contributed by atoms with E-state index >= 15 is 0 Å². The lowest BCUT2D eigenvalue weighted by molar-refractivity contribution is 1.67. The smallest absolute Gasteiger partial charge is 0.00422 e. The second kappa shape index (κ2) is 8.82. The first kappa shape index (κ1) is 11.7. The molecule has 1 aromatic carbocycles. The Hall–Kier alpha value is -1.27. The van der Waals surface area contributed by atoms with Crippen LogP contribution >= 0.6 is 11.6 Å². The van der Waals surface area contributed by atoms with Crippen LogP contribution in [0.25, 0.3) is 6.08 Å². The van der Waals surface area contributed by atoms with Crippen molar-refractivity contribution < 1.29 is 0 Å². The van der Waals surface area contributed by atoms with Gasteiger partial charge < -0.3 is 0 Å². The van der Waals surface area contributed by atoms with Gasteiger partial charge in [0.15, 0.2) is 0 Å². The van der Waals surface area contributed by atoms with Gasteiger partial charge in [-0.1, -0.05) is 73.3 Å². The van der Waals surface area contributed by atoms with Gasteiger partial charge in [0.2, 0.25) is 0 Å². The molecule has 0 saturated heterocycles. The van der Waals surface area contributed by atoms with Gasteiger partial charge in [-0.2, -0.15) is 0 Å². The monoisotopic (exact) mass is 192 g/mol. The highest BCUT2D eigenvalue weighted by atomic mass is 35.5. The van der Waals surface area contributed by atoms with Gasteiger partial charge in [-0.25, -0.2) is 0 Å². The fraction of sp³-hybridized carbons (Fsp3) is 0. The van der Waals surface area contributed by atoms with E-state index in [4.69, 9.17) is 11.6 Å². The molecule has 0 nitrogen and oxygen atoms in total. The summed E-state index contributed by atoms with van der Waals surface area (Å²) in [4.78, 5) is 0. The Morgan fingerprint density at radius 1 is 1.08 bits per heavy atom. The first-order chi connectivity index (χ1) is 6.35. The minimum Gasteiger partial charge on any atom is -0.0990 e. The van der Waals surface area contributed by atoms with Crippen molar-refractivity contribution in [2.45, 2.75) is 0 Å². The van der Waals surface area contributed by atoms with Crippen molar-refractivity contribution in [3.8, 4) is 0 Å². The van der Waals surface area contributed by atoms with Crippen LogP contribution in [0.4, 0.5) is 0 Å². The molecule has 0 unspecified atom stereocenters. The van der Waals surface area contributed by atoms with E-state index in [1.54, 1.807) is 12.2 Å². The van der Waals surface area contributed by atoms with Crippen LogP contribution in [0.2, 0.25) is 0 Å². The van der Waals surface area contributed by atoms with Crippen molar-refractivity contribution >= 4 is 17.7 Å². The normalized spacial score (nSPS) is 8.69. The largest absolute Gasteiger partial charge is 0.0990 e. The number of allylic oxidation sites excluding steroid dienone is 2. The first-order valence-electron chi connectivity index (χ1n) is 3.90. The fourth-order valence-corrected chi connectivity index (χ4v) is 0.743. The molecule has 0 heterocycles. The van der Waals surface area contributed by atoms with E-state index in [2.05, 4.69) is 13.2 Å². The van der Waals surface area contributed by atoms with Crippen LogP contribution < -0.4 is 0 Å². The summed E-state index contributed by atoms with van der Waals surface area (Å²) >= 11 is 5.05. The molecule has 0 atom stereocenters. The van der Waals surface area contributed by atoms with Crippen molar-refractivity contribution in [1.29, 1.82) is 0 Å². The molecule has 0 saturated carbocycles. The Balaban J connectivity index is 0.000000252. The van der Waals surface area contributed by atoms with Gasteiger partial charge in [0.25, 0.3) is 0 Å². The standard InChI is InChI=1S/C8H8.C4H5Cl/c1-2-8-6-4-3-5-7-8;1-2-3-4-5/h2-7H,1H2;2-4H,1H2. The summed E-state index contributed by atoms with van der Waals surface area (Å²) in [5, 5.41) is 0. The third kappa shape index (κ3) is 7.10. The minimum absolute atomic E-state index is 1.17. The zero-order valence-electron chi connectivity index (χ0n) is 7.49. The molecule has 1 heteroatoms. The second-order valence-corrected chi connectivity index (χ2v) is 2.42. The molecule has 1 aromatic rings. The summed E-state index contributed by atoms with van der Waals surface area (Å²) in [6.07, 6.45) is 5.11. The van der Waals surface area contributed by atoms with Gasteiger partial charge in [-0.05, 0) is 5.56 Å². The van der Waals surface area contributed by atoms with Crippen LogP contribution in [-0.2, 0) is 0 Å². The Morgan fingerprint density at radius 2 is 1.69 bits per heavy atom. The molecule has 0 aliphatic rings. The third-order valence-corrected chi connectivity index (χ3v) is 1.39. The maximum Gasteiger partial charge on any atom is 0.00422 e. The summed E-state index contributed by atoms with van der Waals surface area (Å²) in [5.41, 5.74) is 2.58. The van der Waals surface area contributed by atoms with E-state index < -0.39 is 0 Å². The van der Waals surface area contributed by atoms with Crippen molar-refractivity contribution in [3.63, 3.8) is 0 Å². The van der Waals surface area contributed by atoms with Crippen LogP contribution in [0, 0.1) is 0 Å². The zero-order valence-corrected chi connectivity index (χ0v) is 8.24. The Kier molecular flexibility index (Phi) is 7.96. The van der Waals surface area contributed by atoms with Gasteiger partial charge in [0, 0.05) is 5.54 Å². The van der Waals surface area contributed by atoms with Crippen molar-refractivity contribution in [2.24, 2.45) is 0 Å². The van der Waals surface area contributed by atoms with Crippen LogP contribution in [0.5, 0.6) is 0 Å². The molecule has 0 aromatic heterocycles. The molecule has 13 heavy (non-hydrogen) atoms. The van der Waals surface area contributed by atoms with Crippen LogP contribution in [0.3, 0.4) is 0 Å². The Labute approximate surface area is 84.9 Å². The topological polar surface area (TPSA) is 0 Å². The first-order valence-corrected chi connectivity index (χ1v) is 4.34. The van der Waals surface area contributed by atoms with Crippen molar-refractivity contribution in [2.75, 3.05) is 0 Å². The number of halogens is 1. The molecule has 0 aliphatic carbocycles. The molecule has 0 fully saturated rings. The van der Waals surface area contributed by atoms with Gasteiger partial charge in [0.1, 0.15) is 0 Å². The summed E-state index contributed by atoms with van der Waals surface area (Å²) in [6, 6.07) is 10.0. The number of rotatable bonds is 2. The van der Waals surface area contributed by atoms with E-state index in [1.165, 1.54) is 11.1 Å². The lowest BCUT2D eigenvalue weighted by atomic mass is 10.2. The summed E-state index contributed by atoms with van der Waals surface area (Å²) in [7, 11) is 0. The van der Waals surface area contributed by atoms with E-state index in [1.807, 2.05) is 36.4 Å². The van der Waals surface area contributed by atoms with E-state index in [0.717, 1.165) is 0 Å². The molecule has 0 amide bonds. The lowest BCUT2D eigenvalue weighted by Gasteiger charge is -1.85. The average molecular weight is 193 g/mol. The van der Waals surface area contributed by atoms with Crippen LogP contribution in [0.15, 0.2) is 61.2 Å². The molecule has 0 aliphatic heterocycles. The lowest BCUT2D eigenvalue weighted by Crippen LogP contribution is -1.63. The third-order valence-electron chi connectivity index (χ3n) is 1.24.